The fourth-order valence-corrected chi connectivity index (χ4v) is 4.86. The normalized spacial score (nSPS) is 20.1. The molecule has 0 radical (unpaired) electrons. The Bertz CT molecular complexity index is 868. The van der Waals surface area contributed by atoms with E-state index in [1.165, 1.54) is 0 Å². The second-order valence-electron chi connectivity index (χ2n) is 8.98. The first-order chi connectivity index (χ1) is 13.1. The van der Waals surface area contributed by atoms with Gasteiger partial charge in [0.2, 0.25) is 5.91 Å². The topological polar surface area (TPSA) is 67.2 Å². The Labute approximate surface area is 169 Å². The number of para-hydroxylation sites is 1. The Morgan fingerprint density at radius 3 is 2.54 bits per heavy atom. The van der Waals surface area contributed by atoms with Crippen molar-refractivity contribution in [3.05, 3.63) is 42.1 Å². The lowest BCUT2D eigenvalue weighted by Gasteiger charge is -2.41. The number of nitrogens with one attached hydrogen (secondary N) is 1. The van der Waals surface area contributed by atoms with Gasteiger partial charge in [0.1, 0.15) is 5.82 Å². The van der Waals surface area contributed by atoms with Crippen LogP contribution in [-0.2, 0) is 21.0 Å². The summed E-state index contributed by atoms with van der Waals surface area (Å²) in [5.74, 6) is 1.79. The third-order valence-electron chi connectivity index (χ3n) is 5.04. The quantitative estimate of drug-likeness (QED) is 0.854. The van der Waals surface area contributed by atoms with Gasteiger partial charge in [-0.3, -0.25) is 13.9 Å². The van der Waals surface area contributed by atoms with Gasteiger partial charge in [-0.25, -0.2) is 4.68 Å². The van der Waals surface area contributed by atoms with Crippen LogP contribution in [0.4, 0.5) is 5.82 Å². The van der Waals surface area contributed by atoms with Gasteiger partial charge in [-0.2, -0.15) is 5.10 Å². The first kappa shape index (κ1) is 20.7. The molecule has 1 amide bonds. The molecule has 0 saturated carbocycles. The molecular formula is C21H30N4O2S. The average molecular weight is 403 g/mol. The monoisotopic (exact) mass is 402 g/mol. The average Bonchev–Trinajstić information content (AvgIpc) is 3.02. The second-order valence-corrected chi connectivity index (χ2v) is 10.6. The van der Waals surface area contributed by atoms with E-state index in [-0.39, 0.29) is 23.4 Å². The van der Waals surface area contributed by atoms with Crippen LogP contribution in [0.3, 0.4) is 0 Å². The van der Waals surface area contributed by atoms with Crippen LogP contribution in [-0.4, -0.2) is 54.9 Å². The highest BCUT2D eigenvalue weighted by Gasteiger charge is 2.34. The highest BCUT2D eigenvalue weighted by molar-refractivity contribution is 7.85. The summed E-state index contributed by atoms with van der Waals surface area (Å²) < 4.78 is 13.7. The van der Waals surface area contributed by atoms with Gasteiger partial charge in [0.15, 0.2) is 0 Å². The summed E-state index contributed by atoms with van der Waals surface area (Å²) in [6.45, 7) is 11.3. The summed E-state index contributed by atoms with van der Waals surface area (Å²) in [5, 5.41) is 7.78. The van der Waals surface area contributed by atoms with Crippen LogP contribution in [0.2, 0.25) is 0 Å². The standard InChI is InChI=1S/C21H30N4O2S/c1-20(2,3)17-13-18(25(23-17)16-9-7-6-8-10-16)22-19(26)14-24-11-12-28(27)15-21(24,4)5/h6-10,13H,11-12,14-15H2,1-5H3,(H,22,26)/t28-/m1/s1. The Balaban J connectivity index is 1.82. The lowest BCUT2D eigenvalue weighted by molar-refractivity contribution is -0.118. The van der Waals surface area contributed by atoms with Crippen LogP contribution >= 0.6 is 0 Å². The fraction of sp³-hybridized carbons (Fsp3) is 0.524. The van der Waals surface area contributed by atoms with Crippen molar-refractivity contribution in [2.45, 2.75) is 45.6 Å². The highest BCUT2D eigenvalue weighted by Crippen LogP contribution is 2.26. The SMILES string of the molecule is CC(C)(C)c1cc(NC(=O)CN2CC[S@@](=O)CC2(C)C)n(-c2ccccc2)n1. The summed E-state index contributed by atoms with van der Waals surface area (Å²) in [5.41, 5.74) is 1.44. The van der Waals surface area contributed by atoms with Crippen molar-refractivity contribution in [2.24, 2.45) is 0 Å². The van der Waals surface area contributed by atoms with E-state index in [4.69, 9.17) is 5.10 Å². The first-order valence-corrected chi connectivity index (χ1v) is 11.1. The Morgan fingerprint density at radius 1 is 1.25 bits per heavy atom. The number of nitrogens with zero attached hydrogens (tertiary/aromatic N) is 3. The molecule has 6 nitrogen and oxygen atoms in total. The minimum Gasteiger partial charge on any atom is -0.309 e. The molecule has 1 fully saturated rings. The van der Waals surface area contributed by atoms with Gasteiger partial charge in [-0.15, -0.1) is 0 Å². The van der Waals surface area contributed by atoms with E-state index in [2.05, 4.69) is 31.0 Å². The zero-order chi connectivity index (χ0) is 20.5. The molecule has 1 saturated heterocycles. The number of carbonyl (C=O) groups excluding carboxylic acids is 1. The zero-order valence-electron chi connectivity index (χ0n) is 17.4. The number of rotatable bonds is 4. The Hall–Kier alpha value is -1.99. The molecule has 1 aromatic carbocycles. The smallest absolute Gasteiger partial charge is 0.239 e. The van der Waals surface area contributed by atoms with E-state index in [1.807, 2.05) is 50.2 Å². The molecule has 7 heteroatoms. The fourth-order valence-electron chi connectivity index (χ4n) is 3.32. The molecule has 1 aromatic heterocycles. The third-order valence-corrected chi connectivity index (χ3v) is 6.71. The number of carbonyl (C=O) groups is 1. The first-order valence-electron chi connectivity index (χ1n) is 9.62. The summed E-state index contributed by atoms with van der Waals surface area (Å²) >= 11 is 0. The van der Waals surface area contributed by atoms with Crippen molar-refractivity contribution >= 4 is 22.5 Å². The summed E-state index contributed by atoms with van der Waals surface area (Å²) in [6.07, 6.45) is 0. The number of hydrogen-bond acceptors (Lipinski definition) is 4. The second kappa shape index (κ2) is 7.79. The molecule has 28 heavy (non-hydrogen) atoms. The van der Waals surface area contributed by atoms with Gasteiger partial charge >= 0.3 is 0 Å². The van der Waals surface area contributed by atoms with Gasteiger partial charge in [-0.1, -0.05) is 39.0 Å². The molecular weight excluding hydrogens is 372 g/mol. The van der Waals surface area contributed by atoms with Crippen molar-refractivity contribution < 1.29 is 9.00 Å². The van der Waals surface area contributed by atoms with Gasteiger partial charge in [-0.05, 0) is 26.0 Å². The maximum Gasteiger partial charge on any atom is 0.239 e. The molecule has 0 unspecified atom stereocenters. The lowest BCUT2D eigenvalue weighted by Crippen LogP contribution is -2.55. The maximum absolute atomic E-state index is 12.8. The maximum atomic E-state index is 12.8. The molecule has 0 bridgehead atoms. The third kappa shape index (κ3) is 4.70. The largest absolute Gasteiger partial charge is 0.309 e. The van der Waals surface area contributed by atoms with Crippen LogP contribution < -0.4 is 5.32 Å². The van der Waals surface area contributed by atoms with Crippen LogP contribution in [0.25, 0.3) is 5.69 Å². The number of aromatic nitrogens is 2. The Kier molecular flexibility index (Phi) is 5.77. The molecule has 3 rings (SSSR count). The predicted molar refractivity (Wildman–Crippen MR) is 114 cm³/mol. The molecule has 2 heterocycles. The van der Waals surface area contributed by atoms with E-state index in [0.717, 1.165) is 11.4 Å². The summed E-state index contributed by atoms with van der Waals surface area (Å²) in [7, 11) is -0.806. The molecule has 0 aliphatic carbocycles. The minimum absolute atomic E-state index is 0.0849. The molecule has 1 aliphatic heterocycles. The molecule has 1 aliphatic rings. The van der Waals surface area contributed by atoms with Gasteiger partial charge in [0.05, 0.1) is 17.9 Å². The molecule has 1 N–H and O–H groups in total. The molecule has 0 spiro atoms. The van der Waals surface area contributed by atoms with Crippen molar-refractivity contribution in [2.75, 3.05) is 29.9 Å². The highest BCUT2D eigenvalue weighted by atomic mass is 32.2. The summed E-state index contributed by atoms with van der Waals surface area (Å²) in [4.78, 5) is 14.9. The number of anilines is 1. The van der Waals surface area contributed by atoms with Crippen molar-refractivity contribution in [3.63, 3.8) is 0 Å². The van der Waals surface area contributed by atoms with Crippen LogP contribution in [0, 0.1) is 0 Å². The van der Waals surface area contributed by atoms with E-state index < -0.39 is 10.8 Å². The van der Waals surface area contributed by atoms with E-state index in [0.29, 0.717) is 23.9 Å². The molecule has 152 valence electrons. The Morgan fingerprint density at radius 2 is 1.93 bits per heavy atom. The molecule has 1 atom stereocenters. The van der Waals surface area contributed by atoms with E-state index in [1.54, 1.807) is 4.68 Å². The van der Waals surface area contributed by atoms with Crippen LogP contribution in [0.5, 0.6) is 0 Å². The van der Waals surface area contributed by atoms with E-state index >= 15 is 0 Å². The van der Waals surface area contributed by atoms with Crippen molar-refractivity contribution in [3.8, 4) is 5.69 Å². The van der Waals surface area contributed by atoms with Crippen molar-refractivity contribution in [1.82, 2.24) is 14.7 Å². The number of benzene rings is 1. The lowest BCUT2D eigenvalue weighted by atomic mass is 9.92. The minimum atomic E-state index is -0.806. The number of hydrogen-bond donors (Lipinski definition) is 1. The van der Waals surface area contributed by atoms with Gasteiger partial charge < -0.3 is 5.32 Å². The van der Waals surface area contributed by atoms with Gasteiger partial charge in [0.25, 0.3) is 0 Å². The summed E-state index contributed by atoms with van der Waals surface area (Å²) in [6, 6.07) is 11.8. The van der Waals surface area contributed by atoms with Crippen LogP contribution in [0.15, 0.2) is 36.4 Å². The predicted octanol–water partition coefficient (Wildman–Crippen LogP) is 2.95. The van der Waals surface area contributed by atoms with Gasteiger partial charge in [0, 0.05) is 45.9 Å². The zero-order valence-corrected chi connectivity index (χ0v) is 18.2. The molecule has 2 aromatic rings. The number of amides is 1. The van der Waals surface area contributed by atoms with Crippen LogP contribution in [0.1, 0.15) is 40.3 Å². The van der Waals surface area contributed by atoms with Crippen molar-refractivity contribution in [1.29, 1.82) is 0 Å². The van der Waals surface area contributed by atoms with E-state index in [9.17, 15) is 9.00 Å².